The first-order chi connectivity index (χ1) is 14.7. The first-order valence-electron chi connectivity index (χ1n) is 10.5. The Hall–Kier alpha value is -2.93. The third-order valence-corrected chi connectivity index (χ3v) is 5.57. The first-order valence-corrected chi connectivity index (χ1v) is 10.5. The molecule has 1 atom stereocenters. The van der Waals surface area contributed by atoms with Gasteiger partial charge in [0.2, 0.25) is 11.8 Å². The molecule has 0 bridgehead atoms. The Balaban J connectivity index is 1.30. The molecule has 3 heterocycles. The van der Waals surface area contributed by atoms with E-state index in [1.165, 1.54) is 0 Å². The van der Waals surface area contributed by atoms with Crippen LogP contribution in [0.1, 0.15) is 35.2 Å². The molecular formula is C23H27N3O4. The number of likely N-dealkylation sites (tertiary alicyclic amines) is 1. The van der Waals surface area contributed by atoms with Crippen LogP contribution >= 0.6 is 0 Å². The molecule has 0 spiro atoms. The fourth-order valence-electron chi connectivity index (χ4n) is 3.84. The molecule has 158 valence electrons. The molecule has 2 aliphatic rings. The number of amides is 2. The Kier molecular flexibility index (Phi) is 6.59. The normalized spacial score (nSPS) is 19.7. The minimum absolute atomic E-state index is 0.0550. The third-order valence-electron chi connectivity index (χ3n) is 5.57. The van der Waals surface area contributed by atoms with Crippen LogP contribution in [0.25, 0.3) is 0 Å². The lowest BCUT2D eigenvalue weighted by atomic mass is 10.0. The van der Waals surface area contributed by atoms with Crippen LogP contribution in [0, 0.1) is 5.92 Å². The number of benzene rings is 1. The molecule has 1 N–H and O–H groups in total. The number of hydrogen-bond acceptors (Lipinski definition) is 5. The van der Waals surface area contributed by atoms with Crippen molar-refractivity contribution in [1.82, 2.24) is 15.2 Å². The van der Waals surface area contributed by atoms with Crippen molar-refractivity contribution in [1.29, 1.82) is 0 Å². The van der Waals surface area contributed by atoms with E-state index >= 15 is 0 Å². The zero-order valence-corrected chi connectivity index (χ0v) is 17.0. The molecule has 4 rings (SSSR count). The number of rotatable bonds is 7. The summed E-state index contributed by atoms with van der Waals surface area (Å²) in [4.78, 5) is 31.0. The van der Waals surface area contributed by atoms with E-state index in [4.69, 9.17) is 9.47 Å². The standard InChI is InChI=1S/C23H27N3O4/c27-22-13-20(15-26(22)14-17-4-2-1-3-5-17)25-23(28)19-6-9-24-21(12-19)30-16-18-7-10-29-11-8-18/h1-6,9,12,18,20H,7-8,10-11,13-16H2,(H,25,28). The number of pyridine rings is 1. The maximum atomic E-state index is 12.7. The molecule has 0 saturated carbocycles. The lowest BCUT2D eigenvalue weighted by Gasteiger charge is -2.21. The van der Waals surface area contributed by atoms with Crippen LogP contribution in [0.3, 0.4) is 0 Å². The zero-order chi connectivity index (χ0) is 20.8. The second-order valence-electron chi connectivity index (χ2n) is 7.88. The first kappa shape index (κ1) is 20.3. The van der Waals surface area contributed by atoms with Crippen molar-refractivity contribution < 1.29 is 19.1 Å². The molecule has 7 heteroatoms. The van der Waals surface area contributed by atoms with Gasteiger partial charge in [-0.15, -0.1) is 0 Å². The molecular weight excluding hydrogens is 382 g/mol. The fourth-order valence-corrected chi connectivity index (χ4v) is 3.84. The topological polar surface area (TPSA) is 80.8 Å². The highest BCUT2D eigenvalue weighted by Crippen LogP contribution is 2.18. The van der Waals surface area contributed by atoms with Gasteiger partial charge in [-0.1, -0.05) is 30.3 Å². The van der Waals surface area contributed by atoms with E-state index in [0.717, 1.165) is 31.6 Å². The van der Waals surface area contributed by atoms with Gasteiger partial charge in [0, 0.05) is 50.6 Å². The number of nitrogens with one attached hydrogen (secondary N) is 1. The Morgan fingerprint density at radius 2 is 2.00 bits per heavy atom. The smallest absolute Gasteiger partial charge is 0.251 e. The van der Waals surface area contributed by atoms with Gasteiger partial charge in [-0.25, -0.2) is 4.98 Å². The van der Waals surface area contributed by atoms with E-state index < -0.39 is 0 Å². The number of aromatic nitrogens is 1. The number of carbonyl (C=O) groups is 2. The summed E-state index contributed by atoms with van der Waals surface area (Å²) in [6, 6.07) is 13.0. The van der Waals surface area contributed by atoms with Gasteiger partial charge in [-0.05, 0) is 30.4 Å². The fraction of sp³-hybridized carbons (Fsp3) is 0.435. The summed E-state index contributed by atoms with van der Waals surface area (Å²) in [6.45, 7) is 3.19. The second kappa shape index (κ2) is 9.71. The highest BCUT2D eigenvalue weighted by molar-refractivity contribution is 5.95. The Bertz CT molecular complexity index is 868. The molecule has 0 aliphatic carbocycles. The van der Waals surface area contributed by atoms with Crippen LogP contribution < -0.4 is 10.1 Å². The summed E-state index contributed by atoms with van der Waals surface area (Å²) in [7, 11) is 0. The molecule has 1 unspecified atom stereocenters. The molecule has 30 heavy (non-hydrogen) atoms. The number of nitrogens with zero attached hydrogens (tertiary/aromatic N) is 2. The largest absolute Gasteiger partial charge is 0.477 e. The molecule has 1 aromatic carbocycles. The van der Waals surface area contributed by atoms with Crippen LogP contribution in [0.4, 0.5) is 0 Å². The van der Waals surface area contributed by atoms with E-state index in [9.17, 15) is 9.59 Å². The molecule has 2 saturated heterocycles. The average molecular weight is 409 g/mol. The van der Waals surface area contributed by atoms with Crippen molar-refractivity contribution in [3.63, 3.8) is 0 Å². The monoisotopic (exact) mass is 409 g/mol. The quantitative estimate of drug-likeness (QED) is 0.760. The van der Waals surface area contributed by atoms with Crippen molar-refractivity contribution in [2.75, 3.05) is 26.4 Å². The van der Waals surface area contributed by atoms with Crippen LogP contribution in [-0.4, -0.2) is 54.1 Å². The summed E-state index contributed by atoms with van der Waals surface area (Å²) in [5, 5.41) is 2.97. The van der Waals surface area contributed by atoms with E-state index in [1.54, 1.807) is 23.2 Å². The van der Waals surface area contributed by atoms with Crippen molar-refractivity contribution in [3.8, 4) is 5.88 Å². The van der Waals surface area contributed by atoms with Gasteiger partial charge in [0.05, 0.1) is 12.6 Å². The maximum absolute atomic E-state index is 12.7. The van der Waals surface area contributed by atoms with E-state index in [2.05, 4.69) is 10.3 Å². The predicted molar refractivity (Wildman–Crippen MR) is 111 cm³/mol. The number of hydrogen-bond donors (Lipinski definition) is 1. The number of carbonyl (C=O) groups excluding carboxylic acids is 2. The highest BCUT2D eigenvalue weighted by atomic mass is 16.5. The van der Waals surface area contributed by atoms with Crippen molar-refractivity contribution >= 4 is 11.8 Å². The number of ether oxygens (including phenoxy) is 2. The molecule has 2 aromatic rings. The Labute approximate surface area is 176 Å². The van der Waals surface area contributed by atoms with Crippen molar-refractivity contribution in [2.24, 2.45) is 5.92 Å². The van der Waals surface area contributed by atoms with Crippen LogP contribution in [0.15, 0.2) is 48.7 Å². The summed E-state index contributed by atoms with van der Waals surface area (Å²) in [6.07, 6.45) is 3.86. The van der Waals surface area contributed by atoms with Crippen LogP contribution in [0.2, 0.25) is 0 Å². The van der Waals surface area contributed by atoms with Crippen LogP contribution in [0.5, 0.6) is 5.88 Å². The molecule has 2 fully saturated rings. The minimum Gasteiger partial charge on any atom is -0.477 e. The molecule has 2 aliphatic heterocycles. The van der Waals surface area contributed by atoms with Crippen molar-refractivity contribution in [3.05, 3.63) is 59.8 Å². The van der Waals surface area contributed by atoms with Gasteiger partial charge < -0.3 is 19.7 Å². The van der Waals surface area contributed by atoms with Gasteiger partial charge in [-0.2, -0.15) is 0 Å². The van der Waals surface area contributed by atoms with Gasteiger partial charge in [-0.3, -0.25) is 9.59 Å². The molecule has 1 aromatic heterocycles. The summed E-state index contributed by atoms with van der Waals surface area (Å²) >= 11 is 0. The zero-order valence-electron chi connectivity index (χ0n) is 17.0. The van der Waals surface area contributed by atoms with Gasteiger partial charge >= 0.3 is 0 Å². The Morgan fingerprint density at radius 3 is 2.80 bits per heavy atom. The lowest BCUT2D eigenvalue weighted by molar-refractivity contribution is -0.128. The van der Waals surface area contributed by atoms with E-state index in [-0.39, 0.29) is 17.9 Å². The van der Waals surface area contributed by atoms with Gasteiger partial charge in [0.25, 0.3) is 5.91 Å². The van der Waals surface area contributed by atoms with Gasteiger partial charge in [0.15, 0.2) is 0 Å². The van der Waals surface area contributed by atoms with Gasteiger partial charge in [0.1, 0.15) is 0 Å². The molecule has 2 amide bonds. The van der Waals surface area contributed by atoms with E-state index in [1.807, 2.05) is 30.3 Å². The molecule has 7 nitrogen and oxygen atoms in total. The average Bonchev–Trinajstić information content (AvgIpc) is 3.12. The SMILES string of the molecule is O=C(NC1CC(=O)N(Cc2ccccc2)C1)c1ccnc(OCC2CCOCC2)c1. The molecule has 0 radical (unpaired) electrons. The summed E-state index contributed by atoms with van der Waals surface area (Å²) in [5.41, 5.74) is 1.57. The van der Waals surface area contributed by atoms with Crippen LogP contribution in [-0.2, 0) is 16.1 Å². The maximum Gasteiger partial charge on any atom is 0.251 e. The summed E-state index contributed by atoms with van der Waals surface area (Å²) < 4.78 is 11.2. The second-order valence-corrected chi connectivity index (χ2v) is 7.88. The summed E-state index contributed by atoms with van der Waals surface area (Å²) in [5.74, 6) is 0.743. The lowest BCUT2D eigenvalue weighted by Crippen LogP contribution is -2.37. The highest BCUT2D eigenvalue weighted by Gasteiger charge is 2.30. The van der Waals surface area contributed by atoms with E-state index in [0.29, 0.717) is 43.5 Å². The third kappa shape index (κ3) is 5.36. The predicted octanol–water partition coefficient (Wildman–Crippen LogP) is 2.42. The minimum atomic E-state index is -0.215. The van der Waals surface area contributed by atoms with Crippen molar-refractivity contribution in [2.45, 2.75) is 31.8 Å². The Morgan fingerprint density at radius 1 is 1.20 bits per heavy atom.